The normalized spacial score (nSPS) is 9.73. The van der Waals surface area contributed by atoms with Crippen LogP contribution < -0.4 is 0 Å². The van der Waals surface area contributed by atoms with E-state index in [1.54, 1.807) is 6.07 Å². The summed E-state index contributed by atoms with van der Waals surface area (Å²) in [6.45, 7) is 0. The van der Waals surface area contributed by atoms with Crippen LogP contribution in [0.4, 0.5) is 13.2 Å². The van der Waals surface area contributed by atoms with Crippen molar-refractivity contribution >= 4 is 0 Å². The highest BCUT2D eigenvalue weighted by Gasteiger charge is 2.19. The minimum atomic E-state index is -3.10. The summed E-state index contributed by atoms with van der Waals surface area (Å²) in [6, 6.07) is 4.10. The van der Waals surface area contributed by atoms with Crippen LogP contribution in [0.3, 0.4) is 0 Å². The molecule has 0 spiro atoms. The average Bonchev–Trinajstić information content (AvgIpc) is 2.20. The SMILES string of the molecule is N#CCc1cc(C#N)c(F)c(C(F)F)n1. The molecule has 0 aromatic carbocycles. The number of halogens is 3. The Bertz CT molecular complexity index is 457. The molecule has 0 aliphatic rings. The average molecular weight is 211 g/mol. The number of hydrogen-bond donors (Lipinski definition) is 0. The molecule has 15 heavy (non-hydrogen) atoms. The number of nitriles is 2. The van der Waals surface area contributed by atoms with E-state index in [2.05, 4.69) is 4.98 Å². The highest BCUT2D eigenvalue weighted by atomic mass is 19.3. The van der Waals surface area contributed by atoms with Gasteiger partial charge in [0.1, 0.15) is 11.8 Å². The first kappa shape index (κ1) is 11.0. The van der Waals surface area contributed by atoms with E-state index in [1.165, 1.54) is 6.07 Å². The van der Waals surface area contributed by atoms with Gasteiger partial charge in [0.15, 0.2) is 5.82 Å². The van der Waals surface area contributed by atoms with Gasteiger partial charge in [-0.2, -0.15) is 10.5 Å². The van der Waals surface area contributed by atoms with Crippen molar-refractivity contribution in [1.29, 1.82) is 10.5 Å². The standard InChI is InChI=1S/C9H4F3N3/c10-7-5(4-14)3-6(1-2-13)15-8(7)9(11)12/h3,9H,1H2. The second-order valence-corrected chi connectivity index (χ2v) is 2.61. The van der Waals surface area contributed by atoms with Crippen molar-refractivity contribution < 1.29 is 13.2 Å². The van der Waals surface area contributed by atoms with Crippen molar-refractivity contribution in [3.05, 3.63) is 28.8 Å². The molecule has 6 heteroatoms. The van der Waals surface area contributed by atoms with Gasteiger partial charge in [-0.05, 0) is 6.07 Å². The van der Waals surface area contributed by atoms with Gasteiger partial charge < -0.3 is 0 Å². The zero-order chi connectivity index (χ0) is 11.4. The summed E-state index contributed by atoms with van der Waals surface area (Å²) in [4.78, 5) is 3.27. The molecule has 1 aromatic heterocycles. The maximum absolute atomic E-state index is 13.1. The van der Waals surface area contributed by atoms with Crippen molar-refractivity contribution in [3.8, 4) is 12.1 Å². The summed E-state index contributed by atoms with van der Waals surface area (Å²) < 4.78 is 37.6. The van der Waals surface area contributed by atoms with E-state index in [4.69, 9.17) is 10.5 Å². The van der Waals surface area contributed by atoms with E-state index < -0.39 is 23.5 Å². The molecule has 0 unspecified atom stereocenters. The van der Waals surface area contributed by atoms with Crippen LogP contribution in [0.5, 0.6) is 0 Å². The third-order valence-electron chi connectivity index (χ3n) is 1.62. The summed E-state index contributed by atoms with van der Waals surface area (Å²) in [5.41, 5.74) is -1.64. The molecular weight excluding hydrogens is 207 g/mol. The van der Waals surface area contributed by atoms with E-state index in [0.717, 1.165) is 6.07 Å². The first-order chi connectivity index (χ1) is 7.10. The van der Waals surface area contributed by atoms with E-state index in [-0.39, 0.29) is 12.1 Å². The van der Waals surface area contributed by atoms with Crippen molar-refractivity contribution in [1.82, 2.24) is 4.98 Å². The second kappa shape index (κ2) is 4.43. The molecule has 0 atom stereocenters. The third-order valence-corrected chi connectivity index (χ3v) is 1.62. The number of alkyl halides is 2. The summed E-state index contributed by atoms with van der Waals surface area (Å²) in [7, 11) is 0. The summed E-state index contributed by atoms with van der Waals surface area (Å²) in [5.74, 6) is -1.32. The molecule has 1 heterocycles. The Hall–Kier alpha value is -2.08. The monoisotopic (exact) mass is 211 g/mol. The Morgan fingerprint density at radius 3 is 2.53 bits per heavy atom. The van der Waals surface area contributed by atoms with Crippen LogP contribution in [-0.4, -0.2) is 4.98 Å². The summed E-state index contributed by atoms with van der Waals surface area (Å²) in [5, 5.41) is 16.8. The maximum Gasteiger partial charge on any atom is 0.283 e. The number of nitrogens with zero attached hydrogens (tertiary/aromatic N) is 3. The van der Waals surface area contributed by atoms with Crippen LogP contribution in [-0.2, 0) is 6.42 Å². The molecule has 0 radical (unpaired) electrons. The van der Waals surface area contributed by atoms with Gasteiger partial charge in [-0.25, -0.2) is 18.2 Å². The Balaban J connectivity index is 3.35. The Labute approximate surface area is 83.4 Å². The van der Waals surface area contributed by atoms with E-state index in [0.29, 0.717) is 0 Å². The Kier molecular flexibility index (Phi) is 3.25. The largest absolute Gasteiger partial charge is 0.283 e. The van der Waals surface area contributed by atoms with Crippen molar-refractivity contribution in [2.24, 2.45) is 0 Å². The minimum absolute atomic E-state index is 0.0363. The van der Waals surface area contributed by atoms with Crippen LogP contribution in [0.1, 0.15) is 23.4 Å². The number of hydrogen-bond acceptors (Lipinski definition) is 3. The first-order valence-electron chi connectivity index (χ1n) is 3.84. The lowest BCUT2D eigenvalue weighted by Crippen LogP contribution is -2.03. The fourth-order valence-electron chi connectivity index (χ4n) is 1.00. The number of aromatic nitrogens is 1. The fourth-order valence-corrected chi connectivity index (χ4v) is 1.00. The van der Waals surface area contributed by atoms with Gasteiger partial charge in [-0.3, -0.25) is 0 Å². The molecule has 0 amide bonds. The van der Waals surface area contributed by atoms with Crippen LogP contribution in [0, 0.1) is 28.5 Å². The van der Waals surface area contributed by atoms with Gasteiger partial charge in [-0.15, -0.1) is 0 Å². The molecule has 0 bridgehead atoms. The lowest BCUT2D eigenvalue weighted by molar-refractivity contribution is 0.140. The lowest BCUT2D eigenvalue weighted by atomic mass is 10.1. The second-order valence-electron chi connectivity index (χ2n) is 2.61. The van der Waals surface area contributed by atoms with Gasteiger partial charge >= 0.3 is 0 Å². The Morgan fingerprint density at radius 2 is 2.07 bits per heavy atom. The number of pyridine rings is 1. The number of rotatable bonds is 2. The quantitative estimate of drug-likeness (QED) is 0.752. The molecule has 1 aromatic rings. The van der Waals surface area contributed by atoms with Gasteiger partial charge in [-0.1, -0.05) is 0 Å². The fraction of sp³-hybridized carbons (Fsp3) is 0.222. The van der Waals surface area contributed by atoms with Crippen molar-refractivity contribution in [3.63, 3.8) is 0 Å². The highest BCUT2D eigenvalue weighted by Crippen LogP contribution is 2.22. The third kappa shape index (κ3) is 2.23. The van der Waals surface area contributed by atoms with Crippen molar-refractivity contribution in [2.45, 2.75) is 12.8 Å². The van der Waals surface area contributed by atoms with Crippen LogP contribution >= 0.6 is 0 Å². The molecule has 0 saturated heterocycles. The predicted molar refractivity (Wildman–Crippen MR) is 43.2 cm³/mol. The molecular formula is C9H4F3N3. The van der Waals surface area contributed by atoms with Crippen LogP contribution in [0.2, 0.25) is 0 Å². The van der Waals surface area contributed by atoms with Gasteiger partial charge in [0.05, 0.1) is 23.7 Å². The van der Waals surface area contributed by atoms with Gasteiger partial charge in [0.2, 0.25) is 0 Å². The van der Waals surface area contributed by atoms with Gasteiger partial charge in [0.25, 0.3) is 6.43 Å². The molecule has 0 aliphatic heterocycles. The molecule has 0 saturated carbocycles. The summed E-state index contributed by atoms with van der Waals surface area (Å²) >= 11 is 0. The topological polar surface area (TPSA) is 60.5 Å². The zero-order valence-electron chi connectivity index (χ0n) is 7.34. The molecule has 76 valence electrons. The van der Waals surface area contributed by atoms with Gasteiger partial charge in [0, 0.05) is 0 Å². The van der Waals surface area contributed by atoms with Crippen molar-refractivity contribution in [2.75, 3.05) is 0 Å². The molecule has 0 aliphatic carbocycles. The van der Waals surface area contributed by atoms with Crippen LogP contribution in [0.25, 0.3) is 0 Å². The first-order valence-corrected chi connectivity index (χ1v) is 3.84. The predicted octanol–water partition coefficient (Wildman–Crippen LogP) is 2.10. The molecule has 0 fully saturated rings. The van der Waals surface area contributed by atoms with E-state index in [1.807, 2.05) is 0 Å². The minimum Gasteiger partial charge on any atom is -0.248 e. The smallest absolute Gasteiger partial charge is 0.248 e. The highest BCUT2D eigenvalue weighted by molar-refractivity contribution is 5.35. The molecule has 3 nitrogen and oxygen atoms in total. The van der Waals surface area contributed by atoms with E-state index >= 15 is 0 Å². The Morgan fingerprint density at radius 1 is 1.40 bits per heavy atom. The van der Waals surface area contributed by atoms with E-state index in [9.17, 15) is 13.2 Å². The lowest BCUT2D eigenvalue weighted by Gasteiger charge is -2.04. The maximum atomic E-state index is 13.1. The molecule has 1 rings (SSSR count). The molecule has 0 N–H and O–H groups in total. The van der Waals surface area contributed by atoms with Crippen LogP contribution in [0.15, 0.2) is 6.07 Å². The zero-order valence-corrected chi connectivity index (χ0v) is 7.34. The summed E-state index contributed by atoms with van der Waals surface area (Å²) in [6.07, 6.45) is -3.34.